The molecule has 78 valence electrons. The summed E-state index contributed by atoms with van der Waals surface area (Å²) in [6.45, 7) is 6.59. The van der Waals surface area contributed by atoms with Crippen molar-refractivity contribution in [2.75, 3.05) is 5.75 Å². The summed E-state index contributed by atoms with van der Waals surface area (Å²) in [6.07, 6.45) is 0. The van der Waals surface area contributed by atoms with Crippen molar-refractivity contribution in [3.05, 3.63) is 23.2 Å². The van der Waals surface area contributed by atoms with Crippen molar-refractivity contribution in [2.24, 2.45) is 5.41 Å². The second-order valence-corrected chi connectivity index (χ2v) is 5.92. The summed E-state index contributed by atoms with van der Waals surface area (Å²) in [4.78, 5) is 1.10. The van der Waals surface area contributed by atoms with Gasteiger partial charge in [0.1, 0.15) is 5.75 Å². The zero-order valence-corrected chi connectivity index (χ0v) is 10.2. The van der Waals surface area contributed by atoms with Gasteiger partial charge in [0.05, 0.1) is 5.02 Å². The van der Waals surface area contributed by atoms with Crippen LogP contribution >= 0.6 is 23.4 Å². The van der Waals surface area contributed by atoms with E-state index in [1.54, 1.807) is 23.9 Å². The van der Waals surface area contributed by atoms with Gasteiger partial charge in [-0.3, -0.25) is 0 Å². The summed E-state index contributed by atoms with van der Waals surface area (Å²) >= 11 is 7.56. The Bertz CT molecular complexity index is 318. The molecule has 0 saturated carbocycles. The van der Waals surface area contributed by atoms with Crippen molar-refractivity contribution in [1.29, 1.82) is 0 Å². The molecule has 0 heterocycles. The van der Waals surface area contributed by atoms with Gasteiger partial charge in [-0.25, -0.2) is 0 Å². The maximum absolute atomic E-state index is 9.23. The molecule has 1 nitrogen and oxygen atoms in total. The van der Waals surface area contributed by atoms with Crippen LogP contribution in [0.15, 0.2) is 23.1 Å². The van der Waals surface area contributed by atoms with Gasteiger partial charge < -0.3 is 5.11 Å². The average molecular weight is 231 g/mol. The molecule has 0 radical (unpaired) electrons. The number of phenolic OH excluding ortho intramolecular Hbond substituents is 1. The minimum atomic E-state index is 0.145. The van der Waals surface area contributed by atoms with Gasteiger partial charge in [-0.2, -0.15) is 0 Å². The van der Waals surface area contributed by atoms with Crippen LogP contribution in [0.25, 0.3) is 0 Å². The van der Waals surface area contributed by atoms with Gasteiger partial charge in [0.15, 0.2) is 0 Å². The molecule has 0 fully saturated rings. The fourth-order valence-corrected chi connectivity index (χ4v) is 2.09. The Morgan fingerprint density at radius 1 is 1.36 bits per heavy atom. The number of rotatable bonds is 2. The smallest absolute Gasteiger partial charge is 0.134 e. The van der Waals surface area contributed by atoms with E-state index in [0.717, 1.165) is 10.6 Å². The van der Waals surface area contributed by atoms with E-state index in [4.69, 9.17) is 11.6 Å². The number of halogens is 1. The first-order valence-electron chi connectivity index (χ1n) is 4.50. The van der Waals surface area contributed by atoms with Crippen LogP contribution in [0.2, 0.25) is 5.02 Å². The number of thioether (sulfide) groups is 1. The van der Waals surface area contributed by atoms with Crippen LogP contribution in [0.1, 0.15) is 20.8 Å². The normalized spacial score (nSPS) is 11.7. The van der Waals surface area contributed by atoms with Crippen molar-refractivity contribution < 1.29 is 5.11 Å². The highest BCUT2D eigenvalue weighted by Gasteiger charge is 2.11. The molecule has 1 N–H and O–H groups in total. The Balaban J connectivity index is 2.65. The quantitative estimate of drug-likeness (QED) is 0.769. The third-order valence-corrected chi connectivity index (χ3v) is 3.49. The summed E-state index contributed by atoms with van der Waals surface area (Å²) in [6, 6.07) is 5.32. The molecule has 0 aliphatic carbocycles. The first kappa shape index (κ1) is 11.7. The van der Waals surface area contributed by atoms with Crippen molar-refractivity contribution in [3.8, 4) is 5.75 Å². The fraction of sp³-hybridized carbons (Fsp3) is 0.455. The van der Waals surface area contributed by atoms with Crippen molar-refractivity contribution in [2.45, 2.75) is 25.7 Å². The molecule has 0 unspecified atom stereocenters. The lowest BCUT2D eigenvalue weighted by Gasteiger charge is -2.17. The highest BCUT2D eigenvalue weighted by Crippen LogP contribution is 2.31. The lowest BCUT2D eigenvalue weighted by Crippen LogP contribution is -2.07. The molecule has 0 atom stereocenters. The first-order chi connectivity index (χ1) is 6.38. The summed E-state index contributed by atoms with van der Waals surface area (Å²) < 4.78 is 0. The Hall–Kier alpha value is -0.340. The summed E-state index contributed by atoms with van der Waals surface area (Å²) in [5.74, 6) is 1.18. The van der Waals surface area contributed by atoms with E-state index >= 15 is 0 Å². The SMILES string of the molecule is CC(C)(C)CSc1ccc(O)c(Cl)c1. The summed E-state index contributed by atoms with van der Waals surface area (Å²) in [7, 11) is 0. The highest BCUT2D eigenvalue weighted by molar-refractivity contribution is 7.99. The van der Waals surface area contributed by atoms with Gasteiger partial charge >= 0.3 is 0 Å². The van der Waals surface area contributed by atoms with Crippen LogP contribution in [0, 0.1) is 5.41 Å². The zero-order chi connectivity index (χ0) is 10.8. The zero-order valence-electron chi connectivity index (χ0n) is 8.67. The van der Waals surface area contributed by atoms with E-state index in [9.17, 15) is 5.11 Å². The topological polar surface area (TPSA) is 20.2 Å². The third-order valence-electron chi connectivity index (χ3n) is 1.59. The molecule has 0 amide bonds. The lowest BCUT2D eigenvalue weighted by atomic mass is 10.0. The number of aromatic hydroxyl groups is 1. The Labute approximate surface area is 94.5 Å². The second-order valence-electron chi connectivity index (χ2n) is 4.46. The predicted octanol–water partition coefficient (Wildman–Crippen LogP) is 4.18. The van der Waals surface area contributed by atoms with Crippen LogP contribution in [0.4, 0.5) is 0 Å². The minimum Gasteiger partial charge on any atom is -0.506 e. The summed E-state index contributed by atoms with van der Waals surface area (Å²) in [5, 5.41) is 9.65. The molecule has 1 aromatic carbocycles. The number of hydrogen-bond donors (Lipinski definition) is 1. The van der Waals surface area contributed by atoms with Gasteiger partial charge in [-0.15, -0.1) is 11.8 Å². The predicted molar refractivity (Wildman–Crippen MR) is 63.3 cm³/mol. The number of benzene rings is 1. The maximum Gasteiger partial charge on any atom is 0.134 e. The molecule has 1 rings (SSSR count). The van der Waals surface area contributed by atoms with Crippen LogP contribution < -0.4 is 0 Å². The van der Waals surface area contributed by atoms with Gasteiger partial charge in [0.25, 0.3) is 0 Å². The standard InChI is InChI=1S/C11H15ClOS/c1-11(2,3)7-14-8-4-5-10(13)9(12)6-8/h4-6,13H,7H2,1-3H3. The van der Waals surface area contributed by atoms with E-state index in [2.05, 4.69) is 20.8 Å². The second kappa shape index (κ2) is 4.45. The van der Waals surface area contributed by atoms with E-state index in [-0.39, 0.29) is 5.75 Å². The maximum atomic E-state index is 9.23. The van der Waals surface area contributed by atoms with Gasteiger partial charge in [-0.1, -0.05) is 32.4 Å². The Morgan fingerprint density at radius 3 is 2.50 bits per heavy atom. The molecule has 0 spiro atoms. The van der Waals surface area contributed by atoms with Gasteiger partial charge in [-0.05, 0) is 23.6 Å². The van der Waals surface area contributed by atoms with Crippen molar-refractivity contribution in [1.82, 2.24) is 0 Å². The monoisotopic (exact) mass is 230 g/mol. The fourth-order valence-electron chi connectivity index (χ4n) is 0.877. The molecule has 0 aromatic heterocycles. The molecule has 1 aromatic rings. The lowest BCUT2D eigenvalue weighted by molar-refractivity contribution is 0.475. The third kappa shape index (κ3) is 3.81. The summed E-state index contributed by atoms with van der Waals surface area (Å²) in [5.41, 5.74) is 0.301. The van der Waals surface area contributed by atoms with Crippen molar-refractivity contribution >= 4 is 23.4 Å². The van der Waals surface area contributed by atoms with E-state index in [1.807, 2.05) is 6.07 Å². The van der Waals surface area contributed by atoms with E-state index in [1.165, 1.54) is 0 Å². The Morgan fingerprint density at radius 2 is 2.00 bits per heavy atom. The van der Waals surface area contributed by atoms with Crippen LogP contribution in [0.5, 0.6) is 5.75 Å². The Kier molecular flexibility index (Phi) is 3.73. The number of phenols is 1. The molecule has 0 bridgehead atoms. The molecular weight excluding hydrogens is 216 g/mol. The first-order valence-corrected chi connectivity index (χ1v) is 5.86. The molecule has 3 heteroatoms. The van der Waals surface area contributed by atoms with Crippen LogP contribution in [0.3, 0.4) is 0 Å². The van der Waals surface area contributed by atoms with Crippen LogP contribution in [-0.2, 0) is 0 Å². The van der Waals surface area contributed by atoms with E-state index in [0.29, 0.717) is 10.4 Å². The molecule has 0 aliphatic rings. The minimum absolute atomic E-state index is 0.145. The molecule has 0 saturated heterocycles. The largest absolute Gasteiger partial charge is 0.506 e. The van der Waals surface area contributed by atoms with Crippen molar-refractivity contribution in [3.63, 3.8) is 0 Å². The molecule has 14 heavy (non-hydrogen) atoms. The van der Waals surface area contributed by atoms with Gasteiger partial charge in [0.2, 0.25) is 0 Å². The average Bonchev–Trinajstić information content (AvgIpc) is 2.06. The highest BCUT2D eigenvalue weighted by atomic mass is 35.5. The van der Waals surface area contributed by atoms with Crippen LogP contribution in [-0.4, -0.2) is 10.9 Å². The molecular formula is C11H15ClOS. The van der Waals surface area contributed by atoms with Gasteiger partial charge in [0, 0.05) is 10.6 Å². The van der Waals surface area contributed by atoms with E-state index < -0.39 is 0 Å². The molecule has 0 aliphatic heterocycles. The number of hydrogen-bond acceptors (Lipinski definition) is 2.